The quantitative estimate of drug-likeness (QED) is 0.120. The van der Waals surface area contributed by atoms with Crippen molar-refractivity contribution >= 4 is 25.2 Å². The summed E-state index contributed by atoms with van der Waals surface area (Å²) in [6, 6.07) is 5.20. The van der Waals surface area contributed by atoms with Crippen molar-refractivity contribution in [1.82, 2.24) is 0 Å². The highest BCUT2D eigenvalue weighted by molar-refractivity contribution is 7.54. The Kier molecular flexibility index (Phi) is 8.47. The second-order valence-electron chi connectivity index (χ2n) is 7.93. The Bertz CT molecular complexity index is 1060. The van der Waals surface area contributed by atoms with E-state index >= 15 is 0 Å². The van der Waals surface area contributed by atoms with Gasteiger partial charge in [0.1, 0.15) is 11.9 Å². The highest BCUT2D eigenvalue weighted by Crippen LogP contribution is 2.52. The van der Waals surface area contributed by atoms with E-state index in [0.717, 1.165) is 19.3 Å². The van der Waals surface area contributed by atoms with Gasteiger partial charge in [-0.25, -0.2) is 17.7 Å². The smallest absolute Gasteiger partial charge is 0.431 e. The van der Waals surface area contributed by atoms with Crippen LogP contribution in [0.1, 0.15) is 39.0 Å². The van der Waals surface area contributed by atoms with Crippen LogP contribution in [-0.2, 0) is 14.1 Å². The zero-order valence-corrected chi connectivity index (χ0v) is 19.6. The first-order valence-corrected chi connectivity index (χ1v) is 12.6. The van der Waals surface area contributed by atoms with Crippen LogP contribution in [0.3, 0.4) is 0 Å². The summed E-state index contributed by atoms with van der Waals surface area (Å²) in [5, 5.41) is 0.285. The minimum Gasteiger partial charge on any atom is -0.462 e. The molecule has 5 nitrogen and oxygen atoms in total. The third-order valence-electron chi connectivity index (χ3n) is 5.19. The molecule has 1 fully saturated rings. The number of rotatable bonds is 8. The summed E-state index contributed by atoms with van der Waals surface area (Å²) in [6.45, 7) is 1.32. The van der Waals surface area contributed by atoms with Crippen LogP contribution in [-0.4, -0.2) is 18.2 Å². The van der Waals surface area contributed by atoms with E-state index in [-0.39, 0.29) is 16.9 Å². The van der Waals surface area contributed by atoms with Gasteiger partial charge < -0.3 is 13.8 Å². The van der Waals surface area contributed by atoms with Gasteiger partial charge in [-0.05, 0) is 49.9 Å². The van der Waals surface area contributed by atoms with Gasteiger partial charge in [-0.3, -0.25) is 4.79 Å². The van der Waals surface area contributed by atoms with E-state index in [1.165, 1.54) is 31.2 Å². The molecule has 1 aliphatic rings. The van der Waals surface area contributed by atoms with Crippen molar-refractivity contribution in [2.24, 2.45) is 5.92 Å². The van der Waals surface area contributed by atoms with Crippen molar-refractivity contribution in [3.63, 3.8) is 0 Å². The van der Waals surface area contributed by atoms with Crippen LogP contribution in [0.25, 0.3) is 0 Å². The zero-order chi connectivity index (χ0) is 25.0. The van der Waals surface area contributed by atoms with Gasteiger partial charge in [-0.2, -0.15) is 8.78 Å². The fraction of sp³-hybridized carbons (Fsp3) is 0.409. The van der Waals surface area contributed by atoms with Gasteiger partial charge >= 0.3 is 13.6 Å². The standard InChI is InChI=1S/C22H21ClF5O5P/c1-12(22(29)31-14-5-3-2-4-6-14)11-34(30,32-15-9-7-13(23)8-10-15)33-21-19(27)17(25)16(24)18(26)20(21)28/h7-10,12,14H,2-6,11H2,1H3/t12-,34?/m1/s1. The molecule has 2 aromatic rings. The molecule has 1 saturated carbocycles. The molecule has 0 spiro atoms. The maximum Gasteiger partial charge on any atom is 0.431 e. The molecule has 0 amide bonds. The van der Waals surface area contributed by atoms with Gasteiger partial charge in [0, 0.05) is 5.02 Å². The van der Waals surface area contributed by atoms with Crippen molar-refractivity contribution in [3.05, 3.63) is 58.4 Å². The zero-order valence-electron chi connectivity index (χ0n) is 18.0. The summed E-state index contributed by atoms with van der Waals surface area (Å²) in [6.07, 6.45) is 3.03. The molecule has 0 aliphatic heterocycles. The van der Waals surface area contributed by atoms with Crippen LogP contribution in [0.2, 0.25) is 5.02 Å². The maximum absolute atomic E-state index is 14.2. The molecule has 0 bridgehead atoms. The molecule has 34 heavy (non-hydrogen) atoms. The molecule has 0 heterocycles. The Hall–Kier alpha value is -2.32. The third-order valence-corrected chi connectivity index (χ3v) is 7.39. The average Bonchev–Trinajstić information content (AvgIpc) is 2.81. The Balaban J connectivity index is 1.89. The minimum atomic E-state index is -4.73. The normalized spacial score (nSPS) is 17.0. The molecule has 2 atom stereocenters. The average molecular weight is 527 g/mol. The monoisotopic (exact) mass is 526 g/mol. The largest absolute Gasteiger partial charge is 0.462 e. The van der Waals surface area contributed by atoms with Crippen molar-refractivity contribution in [1.29, 1.82) is 0 Å². The minimum absolute atomic E-state index is 0.135. The van der Waals surface area contributed by atoms with Crippen LogP contribution in [0.4, 0.5) is 22.0 Å². The molecule has 2 aromatic carbocycles. The summed E-state index contributed by atoms with van der Waals surface area (Å²) in [4.78, 5) is 12.5. The summed E-state index contributed by atoms with van der Waals surface area (Å²) in [5.74, 6) is -15.4. The maximum atomic E-state index is 14.2. The topological polar surface area (TPSA) is 61.8 Å². The molecule has 3 rings (SSSR count). The molecule has 12 heteroatoms. The number of ether oxygens (including phenoxy) is 1. The van der Waals surface area contributed by atoms with Crippen molar-refractivity contribution in [3.8, 4) is 11.5 Å². The highest BCUT2D eigenvalue weighted by Gasteiger charge is 2.39. The lowest BCUT2D eigenvalue weighted by molar-refractivity contribution is -0.154. The van der Waals surface area contributed by atoms with Gasteiger partial charge in [-0.1, -0.05) is 24.9 Å². The number of benzene rings is 2. The fourth-order valence-corrected chi connectivity index (χ4v) is 5.44. The van der Waals surface area contributed by atoms with Gasteiger partial charge in [0.15, 0.2) is 0 Å². The van der Waals surface area contributed by atoms with E-state index in [9.17, 15) is 31.3 Å². The van der Waals surface area contributed by atoms with Gasteiger partial charge in [0.05, 0.1) is 12.1 Å². The molecule has 186 valence electrons. The van der Waals surface area contributed by atoms with E-state index in [1.54, 1.807) is 0 Å². The second-order valence-corrected chi connectivity index (χ2v) is 10.3. The first-order chi connectivity index (χ1) is 16.0. The van der Waals surface area contributed by atoms with E-state index in [0.29, 0.717) is 12.8 Å². The molecule has 0 aromatic heterocycles. The Morgan fingerprint density at radius 1 is 0.941 bits per heavy atom. The molecule has 0 saturated heterocycles. The van der Waals surface area contributed by atoms with E-state index < -0.39 is 60.5 Å². The first-order valence-electron chi connectivity index (χ1n) is 10.5. The number of carbonyl (C=O) groups is 1. The van der Waals surface area contributed by atoms with Crippen molar-refractivity contribution in [2.75, 3.05) is 6.16 Å². The van der Waals surface area contributed by atoms with Crippen LogP contribution in [0, 0.1) is 35.0 Å². The second kappa shape index (κ2) is 11.0. The number of hydrogen-bond acceptors (Lipinski definition) is 5. The number of hydrogen-bond donors (Lipinski definition) is 0. The van der Waals surface area contributed by atoms with Gasteiger partial charge in [0.2, 0.25) is 34.8 Å². The van der Waals surface area contributed by atoms with Crippen molar-refractivity contribution in [2.45, 2.75) is 45.1 Å². The number of halogens is 6. The lowest BCUT2D eigenvalue weighted by Gasteiger charge is -2.25. The first kappa shape index (κ1) is 26.3. The van der Waals surface area contributed by atoms with E-state index in [2.05, 4.69) is 0 Å². The molecular formula is C22H21ClF5O5P. The molecule has 0 N–H and O–H groups in total. The summed E-state index contributed by atoms with van der Waals surface area (Å²) < 4.78 is 98.1. The summed E-state index contributed by atoms with van der Waals surface area (Å²) in [5.41, 5.74) is 0. The lowest BCUT2D eigenvalue weighted by Crippen LogP contribution is -2.27. The molecule has 1 aliphatic carbocycles. The van der Waals surface area contributed by atoms with E-state index in [4.69, 9.17) is 25.4 Å². The predicted octanol–water partition coefficient (Wildman–Crippen LogP) is 7.20. The molecule has 1 unspecified atom stereocenters. The van der Waals surface area contributed by atoms with E-state index in [1.807, 2.05) is 0 Å². The summed E-state index contributed by atoms with van der Waals surface area (Å²) in [7, 11) is -4.73. The van der Waals surface area contributed by atoms with Crippen molar-refractivity contribution < 1.29 is 45.1 Å². The van der Waals surface area contributed by atoms with Gasteiger partial charge in [-0.15, -0.1) is 0 Å². The molecule has 0 radical (unpaired) electrons. The summed E-state index contributed by atoms with van der Waals surface area (Å²) >= 11 is 5.79. The van der Waals surface area contributed by atoms with Crippen LogP contribution < -0.4 is 9.05 Å². The number of carbonyl (C=O) groups excluding carboxylic acids is 1. The van der Waals surface area contributed by atoms with Crippen LogP contribution >= 0.6 is 19.2 Å². The highest BCUT2D eigenvalue weighted by atomic mass is 35.5. The molecular weight excluding hydrogens is 506 g/mol. The van der Waals surface area contributed by atoms with Gasteiger partial charge in [0.25, 0.3) is 0 Å². The number of esters is 1. The Morgan fingerprint density at radius 2 is 1.47 bits per heavy atom. The predicted molar refractivity (Wildman–Crippen MR) is 114 cm³/mol. The SMILES string of the molecule is C[C@H](CP(=O)(Oc1ccc(Cl)cc1)Oc1c(F)c(F)c(F)c(F)c1F)C(=O)OC1CCCCC1. The Labute approximate surface area is 197 Å². The fourth-order valence-electron chi connectivity index (χ4n) is 3.43. The van der Waals surface area contributed by atoms with Crippen LogP contribution in [0.5, 0.6) is 11.5 Å². The third kappa shape index (κ3) is 6.21. The Morgan fingerprint density at radius 3 is 2.03 bits per heavy atom. The van der Waals surface area contributed by atoms with Crippen LogP contribution in [0.15, 0.2) is 24.3 Å². The lowest BCUT2D eigenvalue weighted by atomic mass is 9.98.